The zero-order chi connectivity index (χ0) is 19.4. The van der Waals surface area contributed by atoms with Crippen LogP contribution in [0.2, 0.25) is 0 Å². The first-order valence-electron chi connectivity index (χ1n) is 8.50. The van der Waals surface area contributed by atoms with Gasteiger partial charge in [-0.3, -0.25) is 19.8 Å². The molecule has 27 heavy (non-hydrogen) atoms. The number of nitro benzene ring substituents is 1. The van der Waals surface area contributed by atoms with Crippen molar-refractivity contribution < 1.29 is 9.72 Å². The first-order chi connectivity index (χ1) is 12.9. The average Bonchev–Trinajstić information content (AvgIpc) is 3.03. The fraction of sp³-hybridized carbons (Fsp3) is 0.263. The third kappa shape index (κ3) is 4.87. The maximum atomic E-state index is 12.2. The summed E-state index contributed by atoms with van der Waals surface area (Å²) < 4.78 is 1.15. The van der Waals surface area contributed by atoms with Gasteiger partial charge in [0.15, 0.2) is 0 Å². The van der Waals surface area contributed by atoms with Crippen LogP contribution in [0.1, 0.15) is 17.0 Å². The Bertz CT molecular complexity index is 953. The molecule has 0 aliphatic carbocycles. The Hall–Kier alpha value is -2.84. The molecule has 0 bridgehead atoms. The lowest BCUT2D eigenvalue weighted by Crippen LogP contribution is -2.24. The van der Waals surface area contributed by atoms with Gasteiger partial charge in [-0.2, -0.15) is 0 Å². The van der Waals surface area contributed by atoms with Gasteiger partial charge in [0, 0.05) is 25.1 Å². The third-order valence-corrected chi connectivity index (χ3v) is 5.19. The average molecular weight is 384 g/mol. The van der Waals surface area contributed by atoms with Crippen LogP contribution in [0.15, 0.2) is 42.5 Å². The van der Waals surface area contributed by atoms with Gasteiger partial charge in [-0.05, 0) is 31.7 Å². The molecule has 3 aromatic rings. The number of fused-ring (bicyclic) bond motifs is 1. The molecule has 140 valence electrons. The van der Waals surface area contributed by atoms with Crippen LogP contribution < -0.4 is 5.32 Å². The van der Waals surface area contributed by atoms with E-state index < -0.39 is 4.92 Å². The highest BCUT2D eigenvalue weighted by molar-refractivity contribution is 7.18. The van der Waals surface area contributed by atoms with Crippen LogP contribution in [-0.4, -0.2) is 34.3 Å². The van der Waals surface area contributed by atoms with Crippen molar-refractivity contribution in [1.29, 1.82) is 0 Å². The first kappa shape index (κ1) is 18.9. The number of hydrogen-bond donors (Lipinski definition) is 1. The molecular weight excluding hydrogens is 364 g/mol. The van der Waals surface area contributed by atoms with Crippen LogP contribution in [-0.2, 0) is 11.3 Å². The van der Waals surface area contributed by atoms with Crippen molar-refractivity contribution in [3.05, 3.63) is 63.1 Å². The van der Waals surface area contributed by atoms with Crippen molar-refractivity contribution in [2.75, 3.05) is 18.9 Å². The quantitative estimate of drug-likeness (QED) is 0.492. The summed E-state index contributed by atoms with van der Waals surface area (Å²) in [7, 11) is 1.94. The largest absolute Gasteiger partial charge is 0.326 e. The van der Waals surface area contributed by atoms with Crippen molar-refractivity contribution in [1.82, 2.24) is 9.88 Å². The van der Waals surface area contributed by atoms with Crippen LogP contribution >= 0.6 is 11.3 Å². The van der Waals surface area contributed by atoms with E-state index in [9.17, 15) is 14.9 Å². The number of benzene rings is 2. The van der Waals surface area contributed by atoms with Crippen LogP contribution in [0.4, 0.5) is 11.4 Å². The second-order valence-corrected chi connectivity index (χ2v) is 7.48. The second kappa shape index (κ2) is 8.24. The molecule has 1 heterocycles. The smallest absolute Gasteiger partial charge is 0.271 e. The summed E-state index contributed by atoms with van der Waals surface area (Å²) in [4.78, 5) is 29.3. The summed E-state index contributed by atoms with van der Waals surface area (Å²) in [6.07, 6.45) is 0.295. The van der Waals surface area contributed by atoms with Gasteiger partial charge < -0.3 is 5.32 Å². The number of amides is 1. The molecule has 0 fully saturated rings. The van der Waals surface area contributed by atoms with Gasteiger partial charge in [0.2, 0.25) is 5.91 Å². The molecule has 0 aliphatic heterocycles. The predicted octanol–water partition coefficient (Wildman–Crippen LogP) is 3.97. The Kier molecular flexibility index (Phi) is 5.78. The zero-order valence-corrected chi connectivity index (χ0v) is 16.0. The van der Waals surface area contributed by atoms with Crippen LogP contribution in [0, 0.1) is 17.0 Å². The molecule has 0 radical (unpaired) electrons. The minimum Gasteiger partial charge on any atom is -0.326 e. The van der Waals surface area contributed by atoms with Gasteiger partial charge in [-0.1, -0.05) is 18.2 Å². The number of anilines is 1. The predicted molar refractivity (Wildman–Crippen MR) is 107 cm³/mol. The fourth-order valence-corrected chi connectivity index (χ4v) is 3.71. The molecule has 1 N–H and O–H groups in total. The van der Waals surface area contributed by atoms with Gasteiger partial charge >= 0.3 is 0 Å². The van der Waals surface area contributed by atoms with E-state index in [0.717, 1.165) is 20.8 Å². The summed E-state index contributed by atoms with van der Waals surface area (Å²) in [5, 5.41) is 14.7. The van der Waals surface area contributed by atoms with E-state index in [4.69, 9.17) is 0 Å². The summed E-state index contributed by atoms with van der Waals surface area (Å²) >= 11 is 1.65. The van der Waals surface area contributed by atoms with Gasteiger partial charge in [-0.15, -0.1) is 11.3 Å². The summed E-state index contributed by atoms with van der Waals surface area (Å²) in [6, 6.07) is 12.4. The van der Waals surface area contributed by atoms with Crippen LogP contribution in [0.5, 0.6) is 0 Å². The molecule has 1 amide bonds. The number of hydrogen-bond acceptors (Lipinski definition) is 6. The van der Waals surface area contributed by atoms with E-state index in [1.165, 1.54) is 12.1 Å². The molecule has 7 nitrogen and oxygen atoms in total. The lowest BCUT2D eigenvalue weighted by molar-refractivity contribution is -0.384. The molecule has 0 aliphatic rings. The second-order valence-electron chi connectivity index (χ2n) is 6.37. The van der Waals surface area contributed by atoms with Gasteiger partial charge in [-0.25, -0.2) is 4.98 Å². The highest BCUT2D eigenvalue weighted by atomic mass is 32.1. The van der Waals surface area contributed by atoms with Gasteiger partial charge in [0.1, 0.15) is 5.01 Å². The Morgan fingerprint density at radius 3 is 2.81 bits per heavy atom. The van der Waals surface area contributed by atoms with Gasteiger partial charge in [0.05, 0.1) is 27.4 Å². The van der Waals surface area contributed by atoms with E-state index in [1.54, 1.807) is 24.3 Å². The number of nitrogens with one attached hydrogen (secondary N) is 1. The SMILES string of the molecule is Cc1ccc([N+](=O)[O-])cc1NC(=O)CCN(C)Cc1nc2ccccc2s1. The van der Waals surface area contributed by atoms with Crippen molar-refractivity contribution in [3.8, 4) is 0 Å². The highest BCUT2D eigenvalue weighted by Gasteiger charge is 2.12. The Morgan fingerprint density at radius 2 is 2.07 bits per heavy atom. The maximum Gasteiger partial charge on any atom is 0.271 e. The van der Waals surface area contributed by atoms with E-state index in [-0.39, 0.29) is 11.6 Å². The molecule has 0 saturated carbocycles. The zero-order valence-electron chi connectivity index (χ0n) is 15.1. The molecular formula is C19H20N4O3S. The number of nitrogens with zero attached hydrogens (tertiary/aromatic N) is 3. The molecule has 3 rings (SSSR count). The number of nitro groups is 1. The lowest BCUT2D eigenvalue weighted by Gasteiger charge is -2.15. The van der Waals surface area contributed by atoms with Crippen molar-refractivity contribution in [3.63, 3.8) is 0 Å². The number of thiazole rings is 1. The minimum absolute atomic E-state index is 0.0381. The number of carbonyl (C=O) groups excluding carboxylic acids is 1. The van der Waals surface area contributed by atoms with Crippen LogP contribution in [0.25, 0.3) is 10.2 Å². The van der Waals surface area contributed by atoms with E-state index in [1.807, 2.05) is 36.2 Å². The maximum absolute atomic E-state index is 12.2. The molecule has 1 aromatic heterocycles. The van der Waals surface area contributed by atoms with Crippen molar-refractivity contribution >= 4 is 38.8 Å². The molecule has 2 aromatic carbocycles. The summed E-state index contributed by atoms with van der Waals surface area (Å²) in [6.45, 7) is 3.04. The van der Waals surface area contributed by atoms with E-state index in [0.29, 0.717) is 25.2 Å². The monoisotopic (exact) mass is 384 g/mol. The normalized spacial score (nSPS) is 11.1. The Morgan fingerprint density at radius 1 is 1.30 bits per heavy atom. The standard InChI is InChI=1S/C19H20N4O3S/c1-13-7-8-14(23(25)26)11-16(13)20-18(24)9-10-22(2)12-19-21-15-5-3-4-6-17(15)27-19/h3-8,11H,9-10,12H2,1-2H3,(H,20,24). The third-order valence-electron chi connectivity index (χ3n) is 4.17. The number of aromatic nitrogens is 1. The molecule has 0 unspecified atom stereocenters. The number of carbonyl (C=O) groups is 1. The molecule has 0 saturated heterocycles. The summed E-state index contributed by atoms with van der Waals surface area (Å²) in [5.41, 5.74) is 2.22. The molecule has 8 heteroatoms. The Balaban J connectivity index is 1.54. The van der Waals surface area contributed by atoms with E-state index >= 15 is 0 Å². The number of para-hydroxylation sites is 1. The lowest BCUT2D eigenvalue weighted by atomic mass is 10.1. The molecule has 0 spiro atoms. The number of non-ortho nitro benzene ring substituents is 1. The highest BCUT2D eigenvalue weighted by Crippen LogP contribution is 2.23. The molecule has 0 atom stereocenters. The van der Waals surface area contributed by atoms with Crippen molar-refractivity contribution in [2.45, 2.75) is 19.9 Å². The number of rotatable bonds is 7. The number of aryl methyl sites for hydroxylation is 1. The van der Waals surface area contributed by atoms with Crippen molar-refractivity contribution in [2.24, 2.45) is 0 Å². The van der Waals surface area contributed by atoms with Crippen LogP contribution in [0.3, 0.4) is 0 Å². The van der Waals surface area contributed by atoms with E-state index in [2.05, 4.69) is 10.3 Å². The van der Waals surface area contributed by atoms with Gasteiger partial charge in [0.25, 0.3) is 5.69 Å². The first-order valence-corrected chi connectivity index (χ1v) is 9.32. The Labute approximate surface area is 160 Å². The summed E-state index contributed by atoms with van der Waals surface area (Å²) in [5.74, 6) is -0.172. The fourth-order valence-electron chi connectivity index (χ4n) is 2.66. The minimum atomic E-state index is -0.471. The topological polar surface area (TPSA) is 88.4 Å².